The summed E-state index contributed by atoms with van der Waals surface area (Å²) in [5, 5.41) is 11.8. The molecule has 0 aliphatic carbocycles. The van der Waals surface area contributed by atoms with Crippen LogP contribution in [-0.2, 0) is 16.1 Å². The van der Waals surface area contributed by atoms with E-state index in [9.17, 15) is 14.7 Å². The highest BCUT2D eigenvalue weighted by Gasteiger charge is 2.46. The SMILES string of the molecule is COc1ccc(/C(O)=C2\C(=O)C(=O)N(Cc3cccnc3)[C@H]2c2ccc(Cl)c(Cl)c2)cc1C. The molecule has 1 aromatic heterocycles. The van der Waals surface area contributed by atoms with Crippen LogP contribution in [0, 0.1) is 6.92 Å². The molecule has 1 saturated heterocycles. The zero-order valence-electron chi connectivity index (χ0n) is 17.9. The Morgan fingerprint density at radius 3 is 2.55 bits per heavy atom. The Kier molecular flexibility index (Phi) is 6.40. The number of rotatable bonds is 5. The monoisotopic (exact) mass is 482 g/mol. The second-order valence-electron chi connectivity index (χ2n) is 7.65. The minimum atomic E-state index is -0.859. The van der Waals surface area contributed by atoms with Crippen molar-refractivity contribution >= 4 is 40.7 Å². The molecular formula is C25H20Cl2N2O4. The van der Waals surface area contributed by atoms with Crippen LogP contribution < -0.4 is 4.74 Å². The van der Waals surface area contributed by atoms with Crippen molar-refractivity contribution in [3.63, 3.8) is 0 Å². The minimum absolute atomic E-state index is 0.0214. The standard InChI is InChI=1S/C25H20Cl2N2O4/c1-14-10-17(6-8-20(14)33-2)23(30)21-22(16-5-7-18(26)19(27)11-16)29(25(32)24(21)31)13-15-4-3-9-28-12-15/h3-12,22,30H,13H2,1-2H3/b23-21+/t22-/m0/s1. The molecule has 1 atom stereocenters. The number of carbonyl (C=O) groups excluding carboxylic acids is 2. The molecule has 1 fully saturated rings. The van der Waals surface area contributed by atoms with Gasteiger partial charge in [0, 0.05) is 24.5 Å². The molecule has 1 aliphatic rings. The van der Waals surface area contributed by atoms with Crippen molar-refractivity contribution in [3.05, 3.63) is 98.8 Å². The molecule has 33 heavy (non-hydrogen) atoms. The number of ketones is 1. The summed E-state index contributed by atoms with van der Waals surface area (Å²) < 4.78 is 5.28. The van der Waals surface area contributed by atoms with Gasteiger partial charge in [0.15, 0.2) is 0 Å². The maximum Gasteiger partial charge on any atom is 0.295 e. The second kappa shape index (κ2) is 9.25. The maximum atomic E-state index is 13.2. The molecule has 1 N–H and O–H groups in total. The van der Waals surface area contributed by atoms with Crippen LogP contribution in [0.1, 0.15) is 28.3 Å². The van der Waals surface area contributed by atoms with E-state index in [-0.39, 0.29) is 22.9 Å². The Bertz CT molecular complexity index is 1270. The molecule has 8 heteroatoms. The summed E-state index contributed by atoms with van der Waals surface area (Å²) in [6.45, 7) is 1.95. The van der Waals surface area contributed by atoms with Gasteiger partial charge in [0.05, 0.1) is 28.8 Å². The van der Waals surface area contributed by atoms with E-state index in [0.29, 0.717) is 21.9 Å². The van der Waals surface area contributed by atoms with Crippen molar-refractivity contribution in [1.82, 2.24) is 9.88 Å². The summed E-state index contributed by atoms with van der Waals surface area (Å²) in [4.78, 5) is 31.7. The summed E-state index contributed by atoms with van der Waals surface area (Å²) in [7, 11) is 1.55. The summed E-state index contributed by atoms with van der Waals surface area (Å²) >= 11 is 12.3. The fourth-order valence-corrected chi connectivity index (χ4v) is 4.25. The van der Waals surface area contributed by atoms with E-state index in [0.717, 1.165) is 11.1 Å². The first-order valence-corrected chi connectivity index (χ1v) is 10.8. The lowest BCUT2D eigenvalue weighted by molar-refractivity contribution is -0.140. The summed E-state index contributed by atoms with van der Waals surface area (Å²) in [5.41, 5.74) is 2.45. The summed E-state index contributed by atoms with van der Waals surface area (Å²) in [5.74, 6) is -1.13. The molecule has 2 heterocycles. The molecule has 0 unspecified atom stereocenters. The molecule has 0 bridgehead atoms. The van der Waals surface area contributed by atoms with Gasteiger partial charge in [-0.25, -0.2) is 0 Å². The maximum absolute atomic E-state index is 13.2. The highest BCUT2D eigenvalue weighted by atomic mass is 35.5. The van der Waals surface area contributed by atoms with Crippen molar-refractivity contribution in [1.29, 1.82) is 0 Å². The Balaban J connectivity index is 1.88. The van der Waals surface area contributed by atoms with E-state index in [1.54, 1.807) is 62.0 Å². The number of amides is 1. The molecule has 1 aliphatic heterocycles. The number of hydrogen-bond acceptors (Lipinski definition) is 5. The average molecular weight is 483 g/mol. The van der Waals surface area contributed by atoms with Crippen LogP contribution in [0.5, 0.6) is 5.75 Å². The van der Waals surface area contributed by atoms with Crippen molar-refractivity contribution in [2.45, 2.75) is 19.5 Å². The van der Waals surface area contributed by atoms with Crippen LogP contribution in [0.2, 0.25) is 10.0 Å². The molecule has 0 spiro atoms. The number of hydrogen-bond donors (Lipinski definition) is 1. The van der Waals surface area contributed by atoms with E-state index in [1.807, 2.05) is 13.0 Å². The summed E-state index contributed by atoms with van der Waals surface area (Å²) in [6, 6.07) is 12.6. The highest BCUT2D eigenvalue weighted by molar-refractivity contribution is 6.46. The fraction of sp³-hybridized carbons (Fsp3) is 0.160. The molecule has 4 rings (SSSR count). The van der Waals surface area contributed by atoms with Crippen molar-refractivity contribution in [2.24, 2.45) is 0 Å². The first kappa shape index (κ1) is 22.8. The topological polar surface area (TPSA) is 79.7 Å². The van der Waals surface area contributed by atoms with Gasteiger partial charge in [-0.2, -0.15) is 0 Å². The average Bonchev–Trinajstić information content (AvgIpc) is 3.06. The number of aromatic nitrogens is 1. The summed E-state index contributed by atoms with van der Waals surface area (Å²) in [6.07, 6.45) is 3.25. The van der Waals surface area contributed by atoms with Gasteiger partial charge >= 0.3 is 0 Å². The molecule has 168 valence electrons. The van der Waals surface area contributed by atoms with E-state index < -0.39 is 17.7 Å². The third-order valence-electron chi connectivity index (χ3n) is 5.54. The Morgan fingerprint density at radius 2 is 1.91 bits per heavy atom. The van der Waals surface area contributed by atoms with Crippen molar-refractivity contribution in [3.8, 4) is 5.75 Å². The number of halogens is 2. The molecule has 6 nitrogen and oxygen atoms in total. The lowest BCUT2D eigenvalue weighted by Gasteiger charge is -2.25. The van der Waals surface area contributed by atoms with E-state index in [1.165, 1.54) is 4.90 Å². The predicted molar refractivity (Wildman–Crippen MR) is 126 cm³/mol. The number of ether oxygens (including phenoxy) is 1. The number of carbonyl (C=O) groups is 2. The van der Waals surface area contributed by atoms with Crippen LogP contribution >= 0.6 is 23.2 Å². The number of benzene rings is 2. The highest BCUT2D eigenvalue weighted by Crippen LogP contribution is 2.42. The van der Waals surface area contributed by atoms with Gasteiger partial charge in [-0.1, -0.05) is 35.3 Å². The first-order valence-electron chi connectivity index (χ1n) is 10.1. The Hall–Kier alpha value is -3.35. The lowest BCUT2D eigenvalue weighted by Crippen LogP contribution is -2.29. The smallest absolute Gasteiger partial charge is 0.295 e. The zero-order chi connectivity index (χ0) is 23.7. The fourth-order valence-electron chi connectivity index (χ4n) is 3.94. The van der Waals surface area contributed by atoms with Gasteiger partial charge < -0.3 is 14.7 Å². The number of aliphatic hydroxyl groups is 1. The molecule has 0 radical (unpaired) electrons. The van der Waals surface area contributed by atoms with Crippen LogP contribution in [0.4, 0.5) is 0 Å². The second-order valence-corrected chi connectivity index (χ2v) is 8.46. The normalized spacial score (nSPS) is 17.5. The number of aliphatic hydroxyl groups excluding tert-OH is 1. The molecule has 2 aromatic carbocycles. The number of aryl methyl sites for hydroxylation is 1. The number of Topliss-reactive ketones (excluding diaryl/α,β-unsaturated/α-hetero) is 1. The van der Waals surface area contributed by atoms with E-state index in [2.05, 4.69) is 4.98 Å². The number of likely N-dealkylation sites (tertiary alicyclic amines) is 1. The molecule has 1 amide bonds. The van der Waals surface area contributed by atoms with Crippen molar-refractivity contribution < 1.29 is 19.4 Å². The number of methoxy groups -OCH3 is 1. The number of pyridine rings is 1. The zero-order valence-corrected chi connectivity index (χ0v) is 19.4. The van der Waals surface area contributed by atoms with Gasteiger partial charge in [0.1, 0.15) is 11.5 Å². The Morgan fingerprint density at radius 1 is 1.12 bits per heavy atom. The quantitative estimate of drug-likeness (QED) is 0.302. The van der Waals surface area contributed by atoms with Gasteiger partial charge in [0.2, 0.25) is 0 Å². The van der Waals surface area contributed by atoms with Gasteiger partial charge in [-0.05, 0) is 60.0 Å². The van der Waals surface area contributed by atoms with E-state index in [4.69, 9.17) is 27.9 Å². The van der Waals surface area contributed by atoms with Gasteiger partial charge in [0.25, 0.3) is 11.7 Å². The van der Waals surface area contributed by atoms with Crippen LogP contribution in [0.25, 0.3) is 5.76 Å². The first-order chi connectivity index (χ1) is 15.8. The number of nitrogens with zero attached hydrogens (tertiary/aromatic N) is 2. The largest absolute Gasteiger partial charge is 0.507 e. The van der Waals surface area contributed by atoms with Crippen molar-refractivity contribution in [2.75, 3.05) is 7.11 Å². The third kappa shape index (κ3) is 4.32. The van der Waals surface area contributed by atoms with Gasteiger partial charge in [-0.3, -0.25) is 14.6 Å². The van der Waals surface area contributed by atoms with Crippen LogP contribution in [-0.4, -0.2) is 33.8 Å². The molecular weight excluding hydrogens is 463 g/mol. The molecule has 3 aromatic rings. The Labute approximate surface area is 201 Å². The van der Waals surface area contributed by atoms with Crippen LogP contribution in [0.15, 0.2) is 66.5 Å². The van der Waals surface area contributed by atoms with Crippen LogP contribution in [0.3, 0.4) is 0 Å². The minimum Gasteiger partial charge on any atom is -0.507 e. The lowest BCUT2D eigenvalue weighted by atomic mass is 9.94. The predicted octanol–water partition coefficient (Wildman–Crippen LogP) is 5.33. The molecule has 0 saturated carbocycles. The third-order valence-corrected chi connectivity index (χ3v) is 6.28. The van der Waals surface area contributed by atoms with Gasteiger partial charge in [-0.15, -0.1) is 0 Å². The van der Waals surface area contributed by atoms with E-state index >= 15 is 0 Å².